The van der Waals surface area contributed by atoms with Gasteiger partial charge in [-0.2, -0.15) is 0 Å². The van der Waals surface area contributed by atoms with Gasteiger partial charge in [-0.3, -0.25) is 14.0 Å². The molecule has 0 atom stereocenters. The lowest BCUT2D eigenvalue weighted by Gasteiger charge is -2.35. The van der Waals surface area contributed by atoms with Gasteiger partial charge in [0.1, 0.15) is 11.5 Å². The summed E-state index contributed by atoms with van der Waals surface area (Å²) in [5.74, 6) is 1.53. The van der Waals surface area contributed by atoms with Crippen molar-refractivity contribution in [1.29, 1.82) is 0 Å². The number of ether oxygens (including phenoxy) is 2. The number of carbonyl (C=O) groups is 1. The smallest absolute Gasteiger partial charge is 0.264 e. The van der Waals surface area contributed by atoms with Gasteiger partial charge < -0.3 is 14.4 Å². The van der Waals surface area contributed by atoms with Crippen LogP contribution in [0, 0.1) is 13.8 Å². The molecule has 0 radical (unpaired) electrons. The largest absolute Gasteiger partial charge is 0.497 e. The molecule has 1 aliphatic heterocycles. The molecule has 1 saturated heterocycles. The van der Waals surface area contributed by atoms with Gasteiger partial charge in [-0.25, -0.2) is 8.42 Å². The highest BCUT2D eigenvalue weighted by atomic mass is 32.2. The monoisotopic (exact) mass is 551 g/mol. The van der Waals surface area contributed by atoms with E-state index in [4.69, 9.17) is 9.47 Å². The molecule has 1 fully saturated rings. The van der Waals surface area contributed by atoms with E-state index < -0.39 is 10.0 Å². The van der Waals surface area contributed by atoms with E-state index in [0.29, 0.717) is 25.3 Å². The van der Waals surface area contributed by atoms with Crippen molar-refractivity contribution in [1.82, 2.24) is 9.80 Å². The van der Waals surface area contributed by atoms with Crippen LogP contribution in [0.1, 0.15) is 23.1 Å². The molecule has 4 rings (SSSR count). The van der Waals surface area contributed by atoms with Crippen LogP contribution < -0.4 is 13.8 Å². The number of anilines is 1. The highest BCUT2D eigenvalue weighted by Gasteiger charge is 2.28. The fourth-order valence-electron chi connectivity index (χ4n) is 4.69. The van der Waals surface area contributed by atoms with E-state index in [1.165, 1.54) is 4.31 Å². The van der Waals surface area contributed by atoms with Gasteiger partial charge in [0.2, 0.25) is 5.91 Å². The molecular weight excluding hydrogens is 514 g/mol. The third-order valence-corrected chi connectivity index (χ3v) is 8.91. The molecule has 3 aromatic rings. The summed E-state index contributed by atoms with van der Waals surface area (Å²) >= 11 is 0. The molecule has 1 heterocycles. The lowest BCUT2D eigenvalue weighted by Crippen LogP contribution is -2.49. The third-order valence-electron chi connectivity index (χ3n) is 7.07. The van der Waals surface area contributed by atoms with Crippen LogP contribution in [0.25, 0.3) is 0 Å². The van der Waals surface area contributed by atoms with Gasteiger partial charge in [-0.05, 0) is 56.3 Å². The normalized spacial score (nSPS) is 14.2. The maximum absolute atomic E-state index is 13.6. The summed E-state index contributed by atoms with van der Waals surface area (Å²) in [6, 6.07) is 19.9. The van der Waals surface area contributed by atoms with Crippen molar-refractivity contribution in [2.75, 3.05) is 51.2 Å². The molecule has 0 N–H and O–H groups in total. The summed E-state index contributed by atoms with van der Waals surface area (Å²) in [4.78, 5) is 17.5. The van der Waals surface area contributed by atoms with Gasteiger partial charge >= 0.3 is 0 Å². The van der Waals surface area contributed by atoms with Crippen LogP contribution >= 0.6 is 0 Å². The fourth-order valence-corrected chi connectivity index (χ4v) is 6.16. The van der Waals surface area contributed by atoms with E-state index in [1.807, 2.05) is 49.1 Å². The van der Waals surface area contributed by atoms with E-state index in [1.54, 1.807) is 50.6 Å². The number of hydrogen-bond acceptors (Lipinski definition) is 6. The molecule has 0 saturated carbocycles. The van der Waals surface area contributed by atoms with Crippen LogP contribution in [0.3, 0.4) is 0 Å². The number of nitrogens with zero attached hydrogens (tertiary/aromatic N) is 3. The second kappa shape index (κ2) is 12.5. The minimum atomic E-state index is -3.83. The van der Waals surface area contributed by atoms with Crippen LogP contribution in [0.15, 0.2) is 71.6 Å². The third kappa shape index (κ3) is 6.91. The van der Waals surface area contributed by atoms with E-state index >= 15 is 0 Å². The summed E-state index contributed by atoms with van der Waals surface area (Å²) in [5.41, 5.74) is 3.60. The Hall–Kier alpha value is -3.56. The minimum Gasteiger partial charge on any atom is -0.497 e. The van der Waals surface area contributed by atoms with E-state index in [-0.39, 0.29) is 23.8 Å². The predicted octanol–water partition coefficient (Wildman–Crippen LogP) is 4.25. The summed E-state index contributed by atoms with van der Waals surface area (Å²) in [6.45, 7) is 7.24. The zero-order valence-corrected chi connectivity index (χ0v) is 23.9. The van der Waals surface area contributed by atoms with Gasteiger partial charge in [-0.1, -0.05) is 35.4 Å². The number of benzene rings is 3. The van der Waals surface area contributed by atoms with Gasteiger partial charge in [0.15, 0.2) is 0 Å². The lowest BCUT2D eigenvalue weighted by atomic mass is 10.1. The molecule has 8 nitrogen and oxygen atoms in total. The molecule has 39 heavy (non-hydrogen) atoms. The second-order valence-corrected chi connectivity index (χ2v) is 11.7. The molecule has 208 valence electrons. The van der Waals surface area contributed by atoms with Gasteiger partial charge in [0, 0.05) is 51.3 Å². The second-order valence-electron chi connectivity index (χ2n) is 9.81. The van der Waals surface area contributed by atoms with Gasteiger partial charge in [-0.15, -0.1) is 0 Å². The van der Waals surface area contributed by atoms with Crippen LogP contribution in [0.2, 0.25) is 0 Å². The first-order chi connectivity index (χ1) is 18.7. The van der Waals surface area contributed by atoms with Crippen molar-refractivity contribution < 1.29 is 22.7 Å². The summed E-state index contributed by atoms with van der Waals surface area (Å²) in [7, 11) is -0.539. The molecule has 0 bridgehead atoms. The lowest BCUT2D eigenvalue weighted by molar-refractivity contribution is -0.132. The Balaban J connectivity index is 1.41. The Kier molecular flexibility index (Phi) is 9.14. The standard InChI is InChI=1S/C30H37N3O5S/c1-23-5-9-26(10-6-23)33(39(35,36)28-12-7-24(2)8-13-28)16-15-30(34)32-19-17-31(18-20-32)22-25-21-27(37-3)11-14-29(25)38-4/h5-14,21H,15-20,22H2,1-4H3. The van der Waals surface area contributed by atoms with Crippen molar-refractivity contribution in [2.45, 2.75) is 31.7 Å². The minimum absolute atomic E-state index is 0.0511. The van der Waals surface area contributed by atoms with E-state index in [0.717, 1.165) is 41.3 Å². The zero-order valence-electron chi connectivity index (χ0n) is 23.1. The van der Waals surface area contributed by atoms with Gasteiger partial charge in [0.25, 0.3) is 10.0 Å². The Morgan fingerprint density at radius 1 is 0.846 bits per heavy atom. The number of methoxy groups -OCH3 is 2. The Morgan fingerprint density at radius 3 is 2.05 bits per heavy atom. The van der Waals surface area contributed by atoms with Crippen LogP contribution in [0.4, 0.5) is 5.69 Å². The topological polar surface area (TPSA) is 79.4 Å². The number of aryl methyl sites for hydroxylation is 2. The Bertz CT molecular complexity index is 1370. The van der Waals surface area contributed by atoms with Crippen LogP contribution in [-0.4, -0.2) is 71.1 Å². The summed E-state index contributed by atoms with van der Waals surface area (Å²) in [6.07, 6.45) is 0.0999. The highest BCUT2D eigenvalue weighted by Crippen LogP contribution is 2.27. The number of hydrogen-bond donors (Lipinski definition) is 0. The number of sulfonamides is 1. The molecule has 1 aliphatic rings. The van der Waals surface area contributed by atoms with E-state index in [2.05, 4.69) is 4.90 Å². The maximum atomic E-state index is 13.6. The fraction of sp³-hybridized carbons (Fsp3) is 0.367. The first-order valence-corrected chi connectivity index (χ1v) is 14.5. The molecule has 3 aromatic carbocycles. The number of carbonyl (C=O) groups excluding carboxylic acids is 1. The first kappa shape index (κ1) is 28.4. The molecule has 0 aliphatic carbocycles. The Labute approximate surface area is 231 Å². The average molecular weight is 552 g/mol. The zero-order chi connectivity index (χ0) is 28.0. The highest BCUT2D eigenvalue weighted by molar-refractivity contribution is 7.92. The van der Waals surface area contributed by atoms with Crippen molar-refractivity contribution in [2.24, 2.45) is 0 Å². The van der Waals surface area contributed by atoms with Crippen molar-refractivity contribution in [3.8, 4) is 11.5 Å². The van der Waals surface area contributed by atoms with Crippen molar-refractivity contribution >= 4 is 21.6 Å². The molecule has 0 spiro atoms. The molecule has 1 amide bonds. The average Bonchev–Trinajstić information content (AvgIpc) is 2.94. The van der Waals surface area contributed by atoms with Crippen LogP contribution in [-0.2, 0) is 21.4 Å². The Morgan fingerprint density at radius 2 is 1.46 bits per heavy atom. The van der Waals surface area contributed by atoms with Crippen molar-refractivity contribution in [3.63, 3.8) is 0 Å². The molecular formula is C30H37N3O5S. The maximum Gasteiger partial charge on any atom is 0.264 e. The van der Waals surface area contributed by atoms with Crippen LogP contribution in [0.5, 0.6) is 11.5 Å². The SMILES string of the molecule is COc1ccc(OC)c(CN2CCN(C(=O)CCN(c3ccc(C)cc3)S(=O)(=O)c3ccc(C)cc3)CC2)c1. The number of piperazine rings is 1. The summed E-state index contributed by atoms with van der Waals surface area (Å²) < 4.78 is 39.4. The van der Waals surface area contributed by atoms with E-state index in [9.17, 15) is 13.2 Å². The first-order valence-electron chi connectivity index (χ1n) is 13.1. The predicted molar refractivity (Wildman–Crippen MR) is 153 cm³/mol. The molecule has 9 heteroatoms. The summed E-state index contributed by atoms with van der Waals surface area (Å²) in [5, 5.41) is 0. The number of rotatable bonds is 10. The molecule has 0 aromatic heterocycles. The molecule has 0 unspecified atom stereocenters. The van der Waals surface area contributed by atoms with Gasteiger partial charge in [0.05, 0.1) is 24.8 Å². The number of amides is 1. The van der Waals surface area contributed by atoms with Crippen molar-refractivity contribution in [3.05, 3.63) is 83.4 Å². The quantitative estimate of drug-likeness (QED) is 0.375.